The van der Waals surface area contributed by atoms with E-state index >= 15 is 0 Å². The Morgan fingerprint density at radius 2 is 2.05 bits per heavy atom. The SMILES string of the molecule is O=C(NCCC(=O)N1CCOCC1)c1cc(C(=O)O)on1. The first kappa shape index (κ1) is 15.0. The van der Waals surface area contributed by atoms with Crippen molar-refractivity contribution in [3.05, 3.63) is 17.5 Å². The molecule has 9 heteroatoms. The predicted molar refractivity (Wildman–Crippen MR) is 67.8 cm³/mol. The second-order valence-electron chi connectivity index (χ2n) is 4.38. The minimum Gasteiger partial charge on any atom is -0.475 e. The molecule has 0 unspecified atom stereocenters. The van der Waals surface area contributed by atoms with Gasteiger partial charge in [0.1, 0.15) is 0 Å². The van der Waals surface area contributed by atoms with E-state index in [2.05, 4.69) is 15.0 Å². The smallest absolute Gasteiger partial charge is 0.374 e. The summed E-state index contributed by atoms with van der Waals surface area (Å²) in [6.45, 7) is 2.30. The van der Waals surface area contributed by atoms with E-state index in [0.717, 1.165) is 6.07 Å². The predicted octanol–water partition coefficient (Wildman–Crippen LogP) is -0.648. The number of amides is 2. The normalized spacial score (nSPS) is 14.8. The van der Waals surface area contributed by atoms with Gasteiger partial charge in [-0.3, -0.25) is 9.59 Å². The number of hydrogen-bond donors (Lipinski definition) is 2. The summed E-state index contributed by atoms with van der Waals surface area (Å²) in [5.74, 6) is -2.36. The second kappa shape index (κ2) is 6.84. The van der Waals surface area contributed by atoms with E-state index in [9.17, 15) is 14.4 Å². The van der Waals surface area contributed by atoms with Gasteiger partial charge in [0.2, 0.25) is 11.7 Å². The fourth-order valence-electron chi connectivity index (χ4n) is 1.83. The van der Waals surface area contributed by atoms with Crippen LogP contribution in [0.2, 0.25) is 0 Å². The van der Waals surface area contributed by atoms with Crippen LogP contribution in [0.3, 0.4) is 0 Å². The number of aromatic nitrogens is 1. The van der Waals surface area contributed by atoms with Crippen LogP contribution in [-0.2, 0) is 9.53 Å². The molecular formula is C12H15N3O6. The molecule has 2 amide bonds. The summed E-state index contributed by atoms with van der Waals surface area (Å²) < 4.78 is 9.61. The first-order chi connectivity index (χ1) is 10.1. The Hall–Kier alpha value is -2.42. The first-order valence-corrected chi connectivity index (χ1v) is 6.41. The number of carboxylic acids is 1. The molecule has 1 saturated heterocycles. The molecule has 0 spiro atoms. The fourth-order valence-corrected chi connectivity index (χ4v) is 1.83. The average molecular weight is 297 g/mol. The zero-order chi connectivity index (χ0) is 15.2. The number of morpholine rings is 1. The highest BCUT2D eigenvalue weighted by atomic mass is 16.5. The lowest BCUT2D eigenvalue weighted by molar-refractivity contribution is -0.135. The summed E-state index contributed by atoms with van der Waals surface area (Å²) in [6, 6.07) is 1.03. The minimum atomic E-state index is -1.30. The summed E-state index contributed by atoms with van der Waals surface area (Å²) >= 11 is 0. The van der Waals surface area contributed by atoms with Crippen LogP contribution in [-0.4, -0.2) is 65.8 Å². The molecule has 21 heavy (non-hydrogen) atoms. The van der Waals surface area contributed by atoms with Crippen LogP contribution in [0.15, 0.2) is 10.6 Å². The van der Waals surface area contributed by atoms with E-state index < -0.39 is 17.6 Å². The van der Waals surface area contributed by atoms with Gasteiger partial charge in [-0.1, -0.05) is 5.16 Å². The molecule has 114 valence electrons. The standard InChI is InChI=1S/C12H15N3O6/c16-10(15-3-5-20-6-4-15)1-2-13-11(17)8-7-9(12(18)19)21-14-8/h7H,1-6H2,(H,13,17)(H,18,19). The van der Waals surface area contributed by atoms with Crippen LogP contribution in [0.1, 0.15) is 27.5 Å². The number of aromatic carboxylic acids is 1. The number of carbonyl (C=O) groups excluding carboxylic acids is 2. The van der Waals surface area contributed by atoms with Gasteiger partial charge in [0.05, 0.1) is 13.2 Å². The van der Waals surface area contributed by atoms with Gasteiger partial charge in [-0.05, 0) is 0 Å². The summed E-state index contributed by atoms with van der Waals surface area (Å²) in [4.78, 5) is 35.7. The van der Waals surface area contributed by atoms with Crippen molar-refractivity contribution in [1.29, 1.82) is 0 Å². The number of hydrogen-bond acceptors (Lipinski definition) is 6. The van der Waals surface area contributed by atoms with Crippen molar-refractivity contribution < 1.29 is 28.8 Å². The van der Waals surface area contributed by atoms with Crippen LogP contribution in [0.25, 0.3) is 0 Å². The number of nitrogens with zero attached hydrogens (tertiary/aromatic N) is 2. The first-order valence-electron chi connectivity index (χ1n) is 6.41. The Morgan fingerprint density at radius 1 is 1.33 bits per heavy atom. The van der Waals surface area contributed by atoms with Crippen molar-refractivity contribution >= 4 is 17.8 Å². The minimum absolute atomic E-state index is 0.0648. The lowest BCUT2D eigenvalue weighted by atomic mass is 10.3. The summed E-state index contributed by atoms with van der Waals surface area (Å²) in [6.07, 6.45) is 0.162. The van der Waals surface area contributed by atoms with Gasteiger partial charge in [0.15, 0.2) is 5.69 Å². The molecule has 0 saturated carbocycles. The van der Waals surface area contributed by atoms with Crippen molar-refractivity contribution in [3.63, 3.8) is 0 Å². The van der Waals surface area contributed by atoms with Gasteiger partial charge in [-0.15, -0.1) is 0 Å². The van der Waals surface area contributed by atoms with Gasteiger partial charge >= 0.3 is 5.97 Å². The molecule has 1 aromatic rings. The van der Waals surface area contributed by atoms with E-state index in [1.807, 2.05) is 0 Å². The molecule has 0 aromatic carbocycles. The molecule has 0 atom stereocenters. The van der Waals surface area contributed by atoms with Crippen molar-refractivity contribution in [2.75, 3.05) is 32.8 Å². The van der Waals surface area contributed by atoms with Gasteiger partial charge in [-0.25, -0.2) is 4.79 Å². The molecule has 1 fully saturated rings. The van der Waals surface area contributed by atoms with Crippen molar-refractivity contribution in [1.82, 2.24) is 15.4 Å². The molecule has 0 bridgehead atoms. The maximum absolute atomic E-state index is 11.8. The third kappa shape index (κ3) is 4.02. The average Bonchev–Trinajstić information content (AvgIpc) is 2.98. The third-order valence-electron chi connectivity index (χ3n) is 2.94. The quantitative estimate of drug-likeness (QED) is 0.740. The van der Waals surface area contributed by atoms with Gasteiger partial charge in [0, 0.05) is 32.1 Å². The van der Waals surface area contributed by atoms with Crippen molar-refractivity contribution in [3.8, 4) is 0 Å². The number of carbonyl (C=O) groups is 3. The highest BCUT2D eigenvalue weighted by Crippen LogP contribution is 2.04. The van der Waals surface area contributed by atoms with E-state index in [4.69, 9.17) is 9.84 Å². The maximum Gasteiger partial charge on any atom is 0.374 e. The lowest BCUT2D eigenvalue weighted by Gasteiger charge is -2.26. The van der Waals surface area contributed by atoms with E-state index in [1.165, 1.54) is 0 Å². The van der Waals surface area contributed by atoms with E-state index in [1.54, 1.807) is 4.90 Å². The number of ether oxygens (including phenoxy) is 1. The Bertz CT molecular complexity index is 535. The summed E-state index contributed by atoms with van der Waals surface area (Å²) in [5.41, 5.74) is -0.133. The van der Waals surface area contributed by atoms with Crippen molar-refractivity contribution in [2.45, 2.75) is 6.42 Å². The zero-order valence-electron chi connectivity index (χ0n) is 11.2. The summed E-state index contributed by atoms with van der Waals surface area (Å²) in [7, 11) is 0. The Kier molecular flexibility index (Phi) is 4.88. The van der Waals surface area contributed by atoms with E-state index in [-0.39, 0.29) is 24.6 Å². The van der Waals surface area contributed by atoms with Gasteiger partial charge < -0.3 is 24.6 Å². The largest absolute Gasteiger partial charge is 0.475 e. The molecule has 2 rings (SSSR count). The Balaban J connectivity index is 1.75. The third-order valence-corrected chi connectivity index (χ3v) is 2.94. The number of rotatable bonds is 5. The van der Waals surface area contributed by atoms with Crippen LogP contribution < -0.4 is 5.32 Å². The molecule has 2 N–H and O–H groups in total. The monoisotopic (exact) mass is 297 g/mol. The number of carboxylic acid groups (broad SMARTS) is 1. The van der Waals surface area contributed by atoms with Crippen molar-refractivity contribution in [2.24, 2.45) is 0 Å². The molecule has 0 radical (unpaired) electrons. The molecule has 0 aliphatic carbocycles. The van der Waals surface area contributed by atoms with Crippen LogP contribution >= 0.6 is 0 Å². The molecule has 1 aliphatic heterocycles. The van der Waals surface area contributed by atoms with Crippen LogP contribution in [0.4, 0.5) is 0 Å². The van der Waals surface area contributed by atoms with Gasteiger partial charge in [0.25, 0.3) is 5.91 Å². The van der Waals surface area contributed by atoms with E-state index in [0.29, 0.717) is 26.3 Å². The highest BCUT2D eigenvalue weighted by molar-refractivity contribution is 5.95. The molecule has 1 aromatic heterocycles. The fraction of sp³-hybridized carbons (Fsp3) is 0.500. The second-order valence-corrected chi connectivity index (χ2v) is 4.38. The highest BCUT2D eigenvalue weighted by Gasteiger charge is 2.18. The molecule has 2 heterocycles. The molecule has 1 aliphatic rings. The van der Waals surface area contributed by atoms with Gasteiger partial charge in [-0.2, -0.15) is 0 Å². The zero-order valence-corrected chi connectivity index (χ0v) is 11.2. The number of nitrogens with one attached hydrogen (secondary N) is 1. The lowest BCUT2D eigenvalue weighted by Crippen LogP contribution is -2.42. The Labute approximate surface area is 119 Å². The molecule has 9 nitrogen and oxygen atoms in total. The topological polar surface area (TPSA) is 122 Å². The molecular weight excluding hydrogens is 282 g/mol. The summed E-state index contributed by atoms with van der Waals surface area (Å²) in [5, 5.41) is 14.5. The Morgan fingerprint density at radius 3 is 2.67 bits per heavy atom. The van der Waals surface area contributed by atoms with Crippen LogP contribution in [0.5, 0.6) is 0 Å². The van der Waals surface area contributed by atoms with Crippen LogP contribution in [0, 0.1) is 0 Å². The maximum atomic E-state index is 11.8.